The molecule has 0 aliphatic heterocycles. The van der Waals surface area contributed by atoms with Gasteiger partial charge in [-0.05, 0) is 37.5 Å². The largest absolute Gasteiger partial charge is 0.480 e. The van der Waals surface area contributed by atoms with Gasteiger partial charge >= 0.3 is 12.0 Å². The standard InChI is InChI=1S/C15H28N2O3/c1-4-10(3)13(14(18)19)17-15(20)16-12-8-6-11(5-2)7-9-12/h10-13H,4-9H2,1-3H3,(H,18,19)(H2,16,17,20). The molecule has 0 aromatic carbocycles. The van der Waals surface area contributed by atoms with Gasteiger partial charge in [0.2, 0.25) is 0 Å². The van der Waals surface area contributed by atoms with Crippen molar-refractivity contribution < 1.29 is 14.7 Å². The third-order valence-electron chi connectivity index (χ3n) is 4.52. The first-order chi connectivity index (χ1) is 9.47. The van der Waals surface area contributed by atoms with Crippen LogP contribution in [0.5, 0.6) is 0 Å². The molecule has 0 spiro atoms. The fourth-order valence-corrected chi connectivity index (χ4v) is 2.77. The predicted octanol–water partition coefficient (Wildman–Crippen LogP) is 2.75. The Morgan fingerprint density at radius 3 is 2.25 bits per heavy atom. The summed E-state index contributed by atoms with van der Waals surface area (Å²) in [7, 11) is 0. The number of carbonyl (C=O) groups is 2. The number of rotatable bonds is 6. The third kappa shape index (κ3) is 5.02. The third-order valence-corrected chi connectivity index (χ3v) is 4.52. The van der Waals surface area contributed by atoms with Crippen LogP contribution in [0.1, 0.15) is 59.3 Å². The van der Waals surface area contributed by atoms with E-state index in [1.807, 2.05) is 13.8 Å². The molecule has 0 radical (unpaired) electrons. The molecule has 20 heavy (non-hydrogen) atoms. The van der Waals surface area contributed by atoms with E-state index in [1.165, 1.54) is 6.42 Å². The highest BCUT2D eigenvalue weighted by Crippen LogP contribution is 2.26. The first-order valence-corrected chi connectivity index (χ1v) is 7.77. The Bertz CT molecular complexity index is 325. The van der Waals surface area contributed by atoms with Crippen LogP contribution in [0.2, 0.25) is 0 Å². The van der Waals surface area contributed by atoms with E-state index in [4.69, 9.17) is 5.11 Å². The molecule has 116 valence electrons. The van der Waals surface area contributed by atoms with Crippen molar-refractivity contribution >= 4 is 12.0 Å². The number of aliphatic carboxylic acids is 1. The highest BCUT2D eigenvalue weighted by molar-refractivity contribution is 5.82. The van der Waals surface area contributed by atoms with E-state index >= 15 is 0 Å². The molecule has 5 nitrogen and oxygen atoms in total. The lowest BCUT2D eigenvalue weighted by atomic mass is 9.84. The van der Waals surface area contributed by atoms with E-state index in [9.17, 15) is 9.59 Å². The SMILES string of the molecule is CCC1CCC(NC(=O)NC(C(=O)O)C(C)CC)CC1. The van der Waals surface area contributed by atoms with Crippen molar-refractivity contribution in [2.75, 3.05) is 0 Å². The summed E-state index contributed by atoms with van der Waals surface area (Å²) in [6.45, 7) is 5.96. The van der Waals surface area contributed by atoms with Crippen LogP contribution < -0.4 is 10.6 Å². The topological polar surface area (TPSA) is 78.4 Å². The molecule has 1 aliphatic rings. The zero-order chi connectivity index (χ0) is 15.1. The summed E-state index contributed by atoms with van der Waals surface area (Å²) in [5.41, 5.74) is 0. The molecule has 0 bridgehead atoms. The minimum atomic E-state index is -0.968. The van der Waals surface area contributed by atoms with Gasteiger partial charge in [-0.15, -0.1) is 0 Å². The molecule has 0 saturated heterocycles. The van der Waals surface area contributed by atoms with Gasteiger partial charge in [0.15, 0.2) is 0 Å². The number of carboxylic acids is 1. The van der Waals surface area contributed by atoms with Gasteiger partial charge in [-0.1, -0.05) is 33.6 Å². The average molecular weight is 284 g/mol. The molecular weight excluding hydrogens is 256 g/mol. The molecule has 5 heteroatoms. The quantitative estimate of drug-likeness (QED) is 0.701. The van der Waals surface area contributed by atoms with Crippen molar-refractivity contribution in [2.45, 2.75) is 71.4 Å². The van der Waals surface area contributed by atoms with Crippen molar-refractivity contribution in [3.8, 4) is 0 Å². The Morgan fingerprint density at radius 2 is 1.80 bits per heavy atom. The van der Waals surface area contributed by atoms with Gasteiger partial charge in [0, 0.05) is 6.04 Å². The van der Waals surface area contributed by atoms with Crippen molar-refractivity contribution in [2.24, 2.45) is 11.8 Å². The van der Waals surface area contributed by atoms with E-state index in [2.05, 4.69) is 17.6 Å². The Labute approximate surface area is 121 Å². The molecule has 1 rings (SSSR count). The number of amides is 2. The Morgan fingerprint density at radius 1 is 1.20 bits per heavy atom. The highest BCUT2D eigenvalue weighted by atomic mass is 16.4. The average Bonchev–Trinajstić information content (AvgIpc) is 2.44. The van der Waals surface area contributed by atoms with Gasteiger partial charge in [-0.3, -0.25) is 0 Å². The van der Waals surface area contributed by atoms with Crippen LogP contribution in [0.25, 0.3) is 0 Å². The summed E-state index contributed by atoms with van der Waals surface area (Å²) in [4.78, 5) is 23.1. The molecule has 3 N–H and O–H groups in total. The number of nitrogens with one attached hydrogen (secondary N) is 2. The van der Waals surface area contributed by atoms with Crippen LogP contribution in [0, 0.1) is 11.8 Å². The number of hydrogen-bond donors (Lipinski definition) is 3. The summed E-state index contributed by atoms with van der Waals surface area (Å²) in [5.74, 6) is -0.263. The molecule has 2 unspecified atom stereocenters. The van der Waals surface area contributed by atoms with Crippen molar-refractivity contribution in [3.05, 3.63) is 0 Å². The Kier molecular flexibility index (Phi) is 6.82. The number of urea groups is 1. The Balaban J connectivity index is 2.40. The predicted molar refractivity (Wildman–Crippen MR) is 78.6 cm³/mol. The van der Waals surface area contributed by atoms with Crippen molar-refractivity contribution in [3.63, 3.8) is 0 Å². The summed E-state index contributed by atoms with van der Waals surface area (Å²) in [5, 5.41) is 14.7. The summed E-state index contributed by atoms with van der Waals surface area (Å²) in [6, 6.07) is -0.978. The molecule has 2 amide bonds. The van der Waals surface area contributed by atoms with E-state index in [0.29, 0.717) is 0 Å². The molecule has 1 saturated carbocycles. The first kappa shape index (κ1) is 16.8. The smallest absolute Gasteiger partial charge is 0.326 e. The van der Waals surface area contributed by atoms with Crippen LogP contribution in [-0.4, -0.2) is 29.2 Å². The molecular formula is C15H28N2O3. The van der Waals surface area contributed by atoms with E-state index in [1.54, 1.807) is 0 Å². The Hall–Kier alpha value is -1.26. The fourth-order valence-electron chi connectivity index (χ4n) is 2.77. The highest BCUT2D eigenvalue weighted by Gasteiger charge is 2.27. The zero-order valence-corrected chi connectivity index (χ0v) is 12.8. The number of carboxylic acid groups (broad SMARTS) is 1. The molecule has 0 heterocycles. The van der Waals surface area contributed by atoms with Gasteiger partial charge in [-0.2, -0.15) is 0 Å². The van der Waals surface area contributed by atoms with Gasteiger partial charge in [0.25, 0.3) is 0 Å². The molecule has 2 atom stereocenters. The maximum Gasteiger partial charge on any atom is 0.326 e. The lowest BCUT2D eigenvalue weighted by molar-refractivity contribution is -0.140. The molecule has 1 aliphatic carbocycles. The molecule has 1 fully saturated rings. The number of carbonyl (C=O) groups excluding carboxylic acids is 1. The fraction of sp³-hybridized carbons (Fsp3) is 0.867. The summed E-state index contributed by atoms with van der Waals surface area (Å²) in [6.07, 6.45) is 6.21. The summed E-state index contributed by atoms with van der Waals surface area (Å²) < 4.78 is 0. The first-order valence-electron chi connectivity index (χ1n) is 7.77. The minimum absolute atomic E-state index is 0.0749. The minimum Gasteiger partial charge on any atom is -0.480 e. The van der Waals surface area contributed by atoms with Gasteiger partial charge in [-0.25, -0.2) is 9.59 Å². The normalized spacial score (nSPS) is 25.6. The van der Waals surface area contributed by atoms with Crippen molar-refractivity contribution in [1.82, 2.24) is 10.6 Å². The second-order valence-corrected chi connectivity index (χ2v) is 5.95. The lowest BCUT2D eigenvalue weighted by Crippen LogP contribution is -2.51. The monoisotopic (exact) mass is 284 g/mol. The van der Waals surface area contributed by atoms with E-state index in [-0.39, 0.29) is 18.0 Å². The van der Waals surface area contributed by atoms with Gasteiger partial charge in [0.05, 0.1) is 0 Å². The van der Waals surface area contributed by atoms with Gasteiger partial charge < -0.3 is 15.7 Å². The maximum atomic E-state index is 11.9. The van der Waals surface area contributed by atoms with Crippen LogP contribution >= 0.6 is 0 Å². The lowest BCUT2D eigenvalue weighted by Gasteiger charge is -2.29. The zero-order valence-electron chi connectivity index (χ0n) is 12.8. The van der Waals surface area contributed by atoms with Crippen LogP contribution in [0.3, 0.4) is 0 Å². The van der Waals surface area contributed by atoms with Crippen LogP contribution in [-0.2, 0) is 4.79 Å². The van der Waals surface area contributed by atoms with E-state index < -0.39 is 12.0 Å². The number of hydrogen-bond acceptors (Lipinski definition) is 2. The maximum absolute atomic E-state index is 11.9. The van der Waals surface area contributed by atoms with Crippen LogP contribution in [0.4, 0.5) is 4.79 Å². The van der Waals surface area contributed by atoms with Crippen LogP contribution in [0.15, 0.2) is 0 Å². The molecule has 0 aromatic heterocycles. The van der Waals surface area contributed by atoms with Crippen molar-refractivity contribution in [1.29, 1.82) is 0 Å². The second-order valence-electron chi connectivity index (χ2n) is 5.95. The summed E-state index contributed by atoms with van der Waals surface area (Å²) >= 11 is 0. The van der Waals surface area contributed by atoms with E-state index in [0.717, 1.165) is 38.0 Å². The second kappa shape index (κ2) is 8.12. The van der Waals surface area contributed by atoms with Gasteiger partial charge in [0.1, 0.15) is 6.04 Å². The molecule has 0 aromatic rings.